The minimum Gasteiger partial charge on any atom is -0.489 e. The van der Waals surface area contributed by atoms with Gasteiger partial charge in [0.1, 0.15) is 12.4 Å². The van der Waals surface area contributed by atoms with E-state index in [1.54, 1.807) is 0 Å². The number of aliphatic hydroxyl groups excluding tert-OH is 1. The van der Waals surface area contributed by atoms with Crippen LogP contribution in [0.4, 0.5) is 0 Å². The van der Waals surface area contributed by atoms with Gasteiger partial charge in [0.15, 0.2) is 0 Å². The zero-order chi connectivity index (χ0) is 13.3. The van der Waals surface area contributed by atoms with Crippen molar-refractivity contribution in [2.45, 2.75) is 25.9 Å². The maximum absolute atomic E-state index is 8.75. The highest BCUT2D eigenvalue weighted by atomic mass is 16.5. The molecule has 0 radical (unpaired) electrons. The molecule has 0 bridgehead atoms. The molecule has 0 aromatic heterocycles. The van der Waals surface area contributed by atoms with Gasteiger partial charge in [0.25, 0.3) is 0 Å². The number of hydrogen-bond donors (Lipinski definition) is 1. The number of rotatable bonds is 7. The van der Waals surface area contributed by atoms with Crippen molar-refractivity contribution in [3.05, 3.63) is 65.7 Å². The summed E-state index contributed by atoms with van der Waals surface area (Å²) in [5.74, 6) is 0.898. The van der Waals surface area contributed by atoms with Crippen molar-refractivity contribution in [3.8, 4) is 5.75 Å². The van der Waals surface area contributed by atoms with Gasteiger partial charge in [-0.05, 0) is 42.5 Å². The Hall–Kier alpha value is -1.80. The minimum atomic E-state index is 0.276. The Morgan fingerprint density at radius 2 is 1.53 bits per heavy atom. The Bertz CT molecular complexity index is 462. The summed E-state index contributed by atoms with van der Waals surface area (Å²) in [7, 11) is 0. The van der Waals surface area contributed by atoms with E-state index in [4.69, 9.17) is 9.84 Å². The predicted octanol–water partition coefficient (Wildman–Crippen LogP) is 3.58. The maximum Gasteiger partial charge on any atom is 0.119 e. The van der Waals surface area contributed by atoms with Crippen LogP contribution in [0.3, 0.4) is 0 Å². The molecule has 0 aliphatic rings. The molecule has 0 fully saturated rings. The second kappa shape index (κ2) is 7.59. The largest absolute Gasteiger partial charge is 0.489 e. The van der Waals surface area contributed by atoms with Crippen LogP contribution in [0.1, 0.15) is 24.0 Å². The van der Waals surface area contributed by atoms with Gasteiger partial charge in [-0.15, -0.1) is 0 Å². The third-order valence-corrected chi connectivity index (χ3v) is 3.05. The van der Waals surface area contributed by atoms with Gasteiger partial charge >= 0.3 is 0 Å². The molecule has 2 aromatic carbocycles. The Labute approximate surface area is 114 Å². The molecule has 1 N–H and O–H groups in total. The van der Waals surface area contributed by atoms with Crippen molar-refractivity contribution in [2.75, 3.05) is 6.61 Å². The highest BCUT2D eigenvalue weighted by Gasteiger charge is 1.97. The normalized spacial score (nSPS) is 10.4. The van der Waals surface area contributed by atoms with Gasteiger partial charge in [0.2, 0.25) is 0 Å². The standard InChI is InChI=1S/C17H20O2/c18-13-5-4-6-15-9-11-17(12-10-15)19-14-16-7-2-1-3-8-16/h1-3,7-12,18H,4-6,13-14H2. The highest BCUT2D eigenvalue weighted by molar-refractivity contribution is 5.27. The number of ether oxygens (including phenoxy) is 1. The third kappa shape index (κ3) is 4.76. The van der Waals surface area contributed by atoms with Crippen LogP contribution in [-0.2, 0) is 13.0 Å². The quantitative estimate of drug-likeness (QED) is 0.767. The summed E-state index contributed by atoms with van der Waals surface area (Å²) in [6.07, 6.45) is 2.91. The van der Waals surface area contributed by atoms with Crippen molar-refractivity contribution >= 4 is 0 Å². The summed E-state index contributed by atoms with van der Waals surface area (Å²) in [6.45, 7) is 0.878. The molecule has 0 amide bonds. The van der Waals surface area contributed by atoms with Gasteiger partial charge in [-0.25, -0.2) is 0 Å². The lowest BCUT2D eigenvalue weighted by Crippen LogP contribution is -1.95. The predicted molar refractivity (Wildman–Crippen MR) is 77.2 cm³/mol. The molecule has 0 aliphatic carbocycles. The molecular weight excluding hydrogens is 236 g/mol. The average Bonchev–Trinajstić information content (AvgIpc) is 2.48. The van der Waals surface area contributed by atoms with Gasteiger partial charge in [-0.1, -0.05) is 42.5 Å². The van der Waals surface area contributed by atoms with E-state index in [1.807, 2.05) is 30.3 Å². The highest BCUT2D eigenvalue weighted by Crippen LogP contribution is 2.15. The lowest BCUT2D eigenvalue weighted by atomic mass is 10.1. The van der Waals surface area contributed by atoms with Crippen LogP contribution in [0.2, 0.25) is 0 Å². The van der Waals surface area contributed by atoms with Gasteiger partial charge in [0, 0.05) is 6.61 Å². The summed E-state index contributed by atoms with van der Waals surface area (Å²) >= 11 is 0. The molecule has 2 heteroatoms. The molecule has 2 rings (SSSR count). The van der Waals surface area contributed by atoms with Gasteiger partial charge in [0.05, 0.1) is 0 Å². The van der Waals surface area contributed by atoms with Crippen LogP contribution >= 0.6 is 0 Å². The first-order valence-electron chi connectivity index (χ1n) is 6.75. The van der Waals surface area contributed by atoms with E-state index in [2.05, 4.69) is 24.3 Å². The van der Waals surface area contributed by atoms with Crippen molar-refractivity contribution in [3.63, 3.8) is 0 Å². The zero-order valence-corrected chi connectivity index (χ0v) is 11.1. The minimum absolute atomic E-state index is 0.276. The Kier molecular flexibility index (Phi) is 5.45. The van der Waals surface area contributed by atoms with Crippen LogP contribution < -0.4 is 4.74 Å². The van der Waals surface area contributed by atoms with Crippen LogP contribution in [-0.4, -0.2) is 11.7 Å². The Balaban J connectivity index is 1.81. The topological polar surface area (TPSA) is 29.5 Å². The maximum atomic E-state index is 8.75. The van der Waals surface area contributed by atoms with Crippen LogP contribution in [0.5, 0.6) is 5.75 Å². The van der Waals surface area contributed by atoms with Gasteiger partial charge < -0.3 is 9.84 Å². The van der Waals surface area contributed by atoms with E-state index >= 15 is 0 Å². The third-order valence-electron chi connectivity index (χ3n) is 3.05. The first-order chi connectivity index (χ1) is 9.38. The molecule has 100 valence electrons. The van der Waals surface area contributed by atoms with Crippen molar-refractivity contribution in [2.24, 2.45) is 0 Å². The summed E-state index contributed by atoms with van der Waals surface area (Å²) in [5, 5.41) is 8.75. The fourth-order valence-corrected chi connectivity index (χ4v) is 1.93. The van der Waals surface area contributed by atoms with E-state index in [9.17, 15) is 0 Å². The fourth-order valence-electron chi connectivity index (χ4n) is 1.93. The number of unbranched alkanes of at least 4 members (excludes halogenated alkanes) is 1. The van der Waals surface area contributed by atoms with Gasteiger partial charge in [-0.3, -0.25) is 0 Å². The Morgan fingerprint density at radius 1 is 0.789 bits per heavy atom. The van der Waals surface area contributed by atoms with Gasteiger partial charge in [-0.2, -0.15) is 0 Å². The molecule has 0 saturated heterocycles. The van der Waals surface area contributed by atoms with E-state index in [-0.39, 0.29) is 6.61 Å². The van der Waals surface area contributed by atoms with Crippen molar-refractivity contribution < 1.29 is 9.84 Å². The molecule has 19 heavy (non-hydrogen) atoms. The smallest absolute Gasteiger partial charge is 0.119 e. The molecule has 0 aliphatic heterocycles. The van der Waals surface area contributed by atoms with E-state index in [1.165, 1.54) is 11.1 Å². The fraction of sp³-hybridized carbons (Fsp3) is 0.294. The second-order valence-electron chi connectivity index (χ2n) is 4.60. The lowest BCUT2D eigenvalue weighted by molar-refractivity contribution is 0.284. The molecule has 2 nitrogen and oxygen atoms in total. The SMILES string of the molecule is OCCCCc1ccc(OCc2ccccc2)cc1. The molecular formula is C17H20O2. The monoisotopic (exact) mass is 256 g/mol. The summed E-state index contributed by atoms with van der Waals surface area (Å²) in [6, 6.07) is 18.4. The molecule has 0 spiro atoms. The van der Waals surface area contributed by atoms with Crippen LogP contribution in [0.15, 0.2) is 54.6 Å². The van der Waals surface area contributed by atoms with E-state index < -0.39 is 0 Å². The summed E-state index contributed by atoms with van der Waals surface area (Å²) < 4.78 is 5.73. The van der Waals surface area contributed by atoms with E-state index in [0.717, 1.165) is 25.0 Å². The van der Waals surface area contributed by atoms with E-state index in [0.29, 0.717) is 6.61 Å². The first-order valence-corrected chi connectivity index (χ1v) is 6.75. The lowest BCUT2D eigenvalue weighted by Gasteiger charge is -2.07. The Morgan fingerprint density at radius 3 is 2.21 bits per heavy atom. The summed E-state index contributed by atoms with van der Waals surface area (Å²) in [4.78, 5) is 0. The van der Waals surface area contributed by atoms with Crippen LogP contribution in [0, 0.1) is 0 Å². The molecule has 0 heterocycles. The number of hydrogen-bond acceptors (Lipinski definition) is 2. The zero-order valence-electron chi connectivity index (χ0n) is 11.1. The molecule has 2 aromatic rings. The average molecular weight is 256 g/mol. The molecule has 0 saturated carbocycles. The number of benzene rings is 2. The molecule has 0 atom stereocenters. The second-order valence-corrected chi connectivity index (χ2v) is 4.60. The number of aliphatic hydroxyl groups is 1. The number of aryl methyl sites for hydroxylation is 1. The summed E-state index contributed by atoms with van der Waals surface area (Å²) in [5.41, 5.74) is 2.47. The van der Waals surface area contributed by atoms with Crippen molar-refractivity contribution in [1.82, 2.24) is 0 Å². The molecule has 0 unspecified atom stereocenters. The van der Waals surface area contributed by atoms with Crippen molar-refractivity contribution in [1.29, 1.82) is 0 Å². The first kappa shape index (κ1) is 13.6. The van der Waals surface area contributed by atoms with Crippen LogP contribution in [0.25, 0.3) is 0 Å².